The van der Waals surface area contributed by atoms with Crippen LogP contribution >= 0.6 is 11.6 Å². The summed E-state index contributed by atoms with van der Waals surface area (Å²) < 4.78 is 28.8. The lowest BCUT2D eigenvalue weighted by Crippen LogP contribution is -2.36. The van der Waals surface area contributed by atoms with E-state index < -0.39 is 10.2 Å². The van der Waals surface area contributed by atoms with Crippen molar-refractivity contribution in [1.82, 2.24) is 19.4 Å². The third-order valence-electron chi connectivity index (χ3n) is 3.60. The Morgan fingerprint density at radius 2 is 1.79 bits per heavy atom. The number of imidazole rings is 1. The van der Waals surface area contributed by atoms with Crippen LogP contribution in [0.15, 0.2) is 36.8 Å². The van der Waals surface area contributed by atoms with Crippen molar-refractivity contribution >= 4 is 21.8 Å². The third kappa shape index (κ3) is 7.44. The molecular weight excluding hydrogens is 348 g/mol. The lowest BCUT2D eigenvalue weighted by Gasteiger charge is -2.08. The molecule has 1 heterocycles. The molecule has 3 N–H and O–H groups in total. The highest BCUT2D eigenvalue weighted by Crippen LogP contribution is 2.09. The van der Waals surface area contributed by atoms with Crippen LogP contribution in [0.5, 0.6) is 0 Å². The molecule has 0 radical (unpaired) electrons. The summed E-state index contributed by atoms with van der Waals surface area (Å²) in [4.78, 5) is 7.05. The van der Waals surface area contributed by atoms with Crippen LogP contribution in [0.1, 0.15) is 36.9 Å². The van der Waals surface area contributed by atoms with Crippen LogP contribution in [-0.4, -0.2) is 24.9 Å². The highest BCUT2D eigenvalue weighted by molar-refractivity contribution is 7.87. The molecule has 24 heavy (non-hydrogen) atoms. The molecule has 0 saturated carbocycles. The Balaban J connectivity index is 1.54. The van der Waals surface area contributed by atoms with Gasteiger partial charge in [0.05, 0.1) is 6.33 Å². The van der Waals surface area contributed by atoms with Gasteiger partial charge in [0.15, 0.2) is 0 Å². The Kier molecular flexibility index (Phi) is 7.71. The maximum atomic E-state index is 11.9. The molecule has 0 spiro atoms. The van der Waals surface area contributed by atoms with Gasteiger partial charge in [-0.15, -0.1) is 0 Å². The second-order valence-corrected chi connectivity index (χ2v) is 7.61. The SMILES string of the molecule is O=S(=O)(NCCCCCCc1cnc[nH]1)NCc1ccc(Cl)cc1. The summed E-state index contributed by atoms with van der Waals surface area (Å²) in [5.74, 6) is 0. The first kappa shape index (κ1) is 18.9. The van der Waals surface area contributed by atoms with Gasteiger partial charge in [-0.25, -0.2) is 9.71 Å². The number of halogens is 1. The summed E-state index contributed by atoms with van der Waals surface area (Å²) in [7, 11) is -3.46. The van der Waals surface area contributed by atoms with Crippen molar-refractivity contribution in [2.24, 2.45) is 0 Å². The van der Waals surface area contributed by atoms with Gasteiger partial charge >= 0.3 is 0 Å². The molecular formula is C16H23ClN4O2S. The summed E-state index contributed by atoms with van der Waals surface area (Å²) in [5, 5.41) is 0.632. The quantitative estimate of drug-likeness (QED) is 0.531. The molecule has 0 bridgehead atoms. The number of aromatic amines is 1. The van der Waals surface area contributed by atoms with E-state index in [-0.39, 0.29) is 6.54 Å². The Morgan fingerprint density at radius 3 is 2.50 bits per heavy atom. The van der Waals surface area contributed by atoms with Crippen molar-refractivity contribution < 1.29 is 8.42 Å². The van der Waals surface area contributed by atoms with Crippen LogP contribution in [0.4, 0.5) is 0 Å². The summed E-state index contributed by atoms with van der Waals surface area (Å²) in [6.07, 6.45) is 8.46. The average Bonchev–Trinajstić information content (AvgIpc) is 3.07. The molecule has 0 aliphatic rings. The standard InChI is InChI=1S/C16H23ClN4O2S/c17-15-8-6-14(7-9-15)11-21-24(22,23)20-10-4-2-1-3-5-16-12-18-13-19-16/h6-9,12-13,20-21H,1-5,10-11H2,(H,18,19). The van der Waals surface area contributed by atoms with E-state index in [1.54, 1.807) is 30.6 Å². The van der Waals surface area contributed by atoms with Crippen LogP contribution in [-0.2, 0) is 23.2 Å². The van der Waals surface area contributed by atoms with Gasteiger partial charge in [0, 0.05) is 30.0 Å². The summed E-state index contributed by atoms with van der Waals surface area (Å²) in [6, 6.07) is 7.07. The largest absolute Gasteiger partial charge is 0.348 e. The zero-order valence-corrected chi connectivity index (χ0v) is 15.0. The first-order valence-electron chi connectivity index (χ1n) is 8.01. The smallest absolute Gasteiger partial charge is 0.277 e. The van der Waals surface area contributed by atoms with E-state index in [9.17, 15) is 8.42 Å². The highest BCUT2D eigenvalue weighted by atomic mass is 35.5. The van der Waals surface area contributed by atoms with Gasteiger partial charge < -0.3 is 4.98 Å². The van der Waals surface area contributed by atoms with Crippen molar-refractivity contribution in [3.8, 4) is 0 Å². The molecule has 0 saturated heterocycles. The van der Waals surface area contributed by atoms with E-state index in [1.807, 2.05) is 6.20 Å². The van der Waals surface area contributed by atoms with Crippen molar-refractivity contribution in [1.29, 1.82) is 0 Å². The fraction of sp³-hybridized carbons (Fsp3) is 0.438. The van der Waals surface area contributed by atoms with Crippen LogP contribution in [0.2, 0.25) is 5.02 Å². The van der Waals surface area contributed by atoms with Gasteiger partial charge in [0.1, 0.15) is 0 Å². The number of benzene rings is 1. The molecule has 2 aromatic rings. The Labute approximate surface area is 148 Å². The fourth-order valence-corrected chi connectivity index (χ4v) is 3.25. The van der Waals surface area contributed by atoms with E-state index in [0.717, 1.165) is 43.4 Å². The summed E-state index contributed by atoms with van der Waals surface area (Å²) in [5.41, 5.74) is 2.01. The van der Waals surface area contributed by atoms with E-state index in [4.69, 9.17) is 11.6 Å². The predicted octanol–water partition coefficient (Wildman–Crippen LogP) is 2.79. The maximum absolute atomic E-state index is 11.9. The number of nitrogens with one attached hydrogen (secondary N) is 3. The molecule has 1 aromatic carbocycles. The van der Waals surface area contributed by atoms with E-state index in [0.29, 0.717) is 11.6 Å². The number of hydrogen-bond acceptors (Lipinski definition) is 3. The zero-order valence-electron chi connectivity index (χ0n) is 13.5. The second-order valence-electron chi connectivity index (χ2n) is 5.59. The van der Waals surface area contributed by atoms with E-state index in [1.165, 1.54) is 0 Å². The minimum atomic E-state index is -3.46. The van der Waals surface area contributed by atoms with Crippen molar-refractivity contribution in [3.05, 3.63) is 53.1 Å². The van der Waals surface area contributed by atoms with Gasteiger partial charge in [-0.3, -0.25) is 0 Å². The van der Waals surface area contributed by atoms with E-state index >= 15 is 0 Å². The Bertz CT molecular complexity index is 687. The Morgan fingerprint density at radius 1 is 1.04 bits per heavy atom. The van der Waals surface area contributed by atoms with Gasteiger partial charge in [0.25, 0.3) is 10.2 Å². The average molecular weight is 371 g/mol. The number of aromatic nitrogens is 2. The molecule has 0 aliphatic heterocycles. The molecule has 0 aliphatic carbocycles. The summed E-state index contributed by atoms with van der Waals surface area (Å²) in [6.45, 7) is 0.691. The van der Waals surface area contributed by atoms with Gasteiger partial charge in [-0.05, 0) is 37.0 Å². The van der Waals surface area contributed by atoms with Crippen molar-refractivity contribution in [2.75, 3.05) is 6.54 Å². The molecule has 6 nitrogen and oxygen atoms in total. The van der Waals surface area contributed by atoms with Crippen molar-refractivity contribution in [2.45, 2.75) is 38.6 Å². The van der Waals surface area contributed by atoms with Gasteiger partial charge in [0.2, 0.25) is 0 Å². The first-order chi connectivity index (χ1) is 11.6. The number of unbranched alkanes of at least 4 members (excludes halogenated alkanes) is 3. The molecule has 0 unspecified atom stereocenters. The maximum Gasteiger partial charge on any atom is 0.277 e. The normalized spacial score (nSPS) is 11.7. The number of hydrogen-bond donors (Lipinski definition) is 3. The topological polar surface area (TPSA) is 86.9 Å². The predicted molar refractivity (Wildman–Crippen MR) is 96.0 cm³/mol. The zero-order chi connectivity index (χ0) is 17.3. The minimum Gasteiger partial charge on any atom is -0.348 e. The second kappa shape index (κ2) is 9.78. The molecule has 132 valence electrons. The molecule has 2 rings (SSSR count). The minimum absolute atomic E-state index is 0.247. The number of aryl methyl sites for hydroxylation is 1. The lowest BCUT2D eigenvalue weighted by atomic mass is 10.1. The van der Waals surface area contributed by atoms with Gasteiger partial charge in [-0.2, -0.15) is 13.1 Å². The number of H-pyrrole nitrogens is 1. The van der Waals surface area contributed by atoms with Crippen LogP contribution < -0.4 is 9.44 Å². The fourth-order valence-electron chi connectivity index (χ4n) is 2.25. The van der Waals surface area contributed by atoms with Crippen LogP contribution in [0.25, 0.3) is 0 Å². The lowest BCUT2D eigenvalue weighted by molar-refractivity contribution is 0.557. The van der Waals surface area contributed by atoms with Crippen LogP contribution in [0, 0.1) is 0 Å². The van der Waals surface area contributed by atoms with Crippen molar-refractivity contribution in [3.63, 3.8) is 0 Å². The third-order valence-corrected chi connectivity index (χ3v) is 4.96. The van der Waals surface area contributed by atoms with E-state index in [2.05, 4.69) is 19.4 Å². The molecule has 0 amide bonds. The molecule has 1 aromatic heterocycles. The Hall–Kier alpha value is -1.41. The summed E-state index contributed by atoms with van der Waals surface area (Å²) >= 11 is 5.80. The molecule has 0 fully saturated rings. The van der Waals surface area contributed by atoms with Gasteiger partial charge in [-0.1, -0.05) is 36.6 Å². The highest BCUT2D eigenvalue weighted by Gasteiger charge is 2.08. The first-order valence-corrected chi connectivity index (χ1v) is 9.87. The number of rotatable bonds is 11. The molecule has 8 heteroatoms. The molecule has 0 atom stereocenters. The monoisotopic (exact) mass is 370 g/mol. The van der Waals surface area contributed by atoms with Crippen LogP contribution in [0.3, 0.4) is 0 Å². The number of nitrogens with zero attached hydrogens (tertiary/aromatic N) is 1.